The van der Waals surface area contributed by atoms with Gasteiger partial charge in [0, 0.05) is 17.5 Å². The lowest BCUT2D eigenvalue weighted by atomic mass is 10.2. The third kappa shape index (κ3) is 4.15. The fraction of sp³-hybridized carbons (Fsp3) is 0. The first-order valence-corrected chi connectivity index (χ1v) is 7.62. The normalized spacial score (nSPS) is 11.8. The fourth-order valence-electron chi connectivity index (χ4n) is 2.14. The third-order valence-electron chi connectivity index (χ3n) is 3.31. The summed E-state index contributed by atoms with van der Waals surface area (Å²) in [5.41, 5.74) is 4.40. The summed E-state index contributed by atoms with van der Waals surface area (Å²) in [4.78, 5) is 18.5. The second-order valence-electron chi connectivity index (χ2n) is 4.99. The second kappa shape index (κ2) is 7.50. The number of halogens is 1. The number of fused-ring (bicyclic) bond motifs is 1. The van der Waals surface area contributed by atoms with Gasteiger partial charge in [-0.25, -0.2) is 9.97 Å². The Morgan fingerprint density at radius 1 is 1.16 bits per heavy atom. The molecule has 1 aromatic heterocycles. The molecule has 1 heterocycles. The van der Waals surface area contributed by atoms with Crippen LogP contribution in [0.25, 0.3) is 17.0 Å². The van der Waals surface area contributed by atoms with Crippen LogP contribution in [0.5, 0.6) is 0 Å². The SMILES string of the molecule is O=[N+]([O-])c1ccc(/C=C(/Cl)C=NNc2ncnc3ccccc23)cc1. The van der Waals surface area contributed by atoms with Gasteiger partial charge in [-0.2, -0.15) is 5.10 Å². The molecule has 25 heavy (non-hydrogen) atoms. The molecule has 124 valence electrons. The molecule has 0 radical (unpaired) electrons. The topological polar surface area (TPSA) is 93.3 Å². The van der Waals surface area contributed by atoms with E-state index in [2.05, 4.69) is 20.5 Å². The van der Waals surface area contributed by atoms with Crippen molar-refractivity contribution in [3.8, 4) is 0 Å². The highest BCUT2D eigenvalue weighted by Gasteiger charge is 2.03. The average Bonchev–Trinajstić information content (AvgIpc) is 2.62. The first kappa shape index (κ1) is 16.5. The Hall–Kier alpha value is -3.32. The average molecular weight is 354 g/mol. The van der Waals surface area contributed by atoms with Crippen LogP contribution >= 0.6 is 11.6 Å². The molecule has 8 heteroatoms. The molecule has 0 bridgehead atoms. The molecule has 0 saturated heterocycles. The van der Waals surface area contributed by atoms with Gasteiger partial charge >= 0.3 is 0 Å². The zero-order valence-corrected chi connectivity index (χ0v) is 13.6. The summed E-state index contributed by atoms with van der Waals surface area (Å²) in [7, 11) is 0. The smallest absolute Gasteiger partial charge is 0.261 e. The molecule has 0 aliphatic heterocycles. The fourth-order valence-corrected chi connectivity index (χ4v) is 2.31. The monoisotopic (exact) mass is 353 g/mol. The molecule has 0 unspecified atom stereocenters. The van der Waals surface area contributed by atoms with Crippen LogP contribution in [0.1, 0.15) is 5.56 Å². The Labute approximate surface area is 147 Å². The third-order valence-corrected chi connectivity index (χ3v) is 3.52. The van der Waals surface area contributed by atoms with Gasteiger partial charge in [-0.15, -0.1) is 0 Å². The number of nitro groups is 1. The first-order valence-electron chi connectivity index (χ1n) is 7.24. The van der Waals surface area contributed by atoms with Gasteiger partial charge in [-0.05, 0) is 35.9 Å². The molecular formula is C17H12ClN5O2. The lowest BCUT2D eigenvalue weighted by molar-refractivity contribution is -0.384. The predicted molar refractivity (Wildman–Crippen MR) is 98.6 cm³/mol. The van der Waals surface area contributed by atoms with Crippen molar-refractivity contribution >= 4 is 46.3 Å². The van der Waals surface area contributed by atoms with E-state index >= 15 is 0 Å². The lowest BCUT2D eigenvalue weighted by Crippen LogP contribution is -1.95. The van der Waals surface area contributed by atoms with Crippen molar-refractivity contribution in [3.05, 3.63) is 75.6 Å². The first-order chi connectivity index (χ1) is 12.1. The highest BCUT2D eigenvalue weighted by molar-refractivity contribution is 6.41. The maximum Gasteiger partial charge on any atom is 0.269 e. The van der Waals surface area contributed by atoms with E-state index in [-0.39, 0.29) is 5.69 Å². The number of anilines is 1. The number of para-hydroxylation sites is 1. The zero-order chi connectivity index (χ0) is 17.6. The summed E-state index contributed by atoms with van der Waals surface area (Å²) in [6, 6.07) is 13.6. The van der Waals surface area contributed by atoms with Gasteiger partial charge in [0.2, 0.25) is 0 Å². The molecular weight excluding hydrogens is 342 g/mol. The molecule has 0 amide bonds. The Morgan fingerprint density at radius 2 is 1.92 bits per heavy atom. The number of hydrogen-bond donors (Lipinski definition) is 1. The summed E-state index contributed by atoms with van der Waals surface area (Å²) < 4.78 is 0. The van der Waals surface area contributed by atoms with Crippen molar-refractivity contribution in [2.45, 2.75) is 0 Å². The number of allylic oxidation sites excluding steroid dienone is 1. The minimum Gasteiger partial charge on any atom is -0.261 e. The quantitative estimate of drug-likeness (QED) is 0.421. The minimum atomic E-state index is -0.452. The van der Waals surface area contributed by atoms with E-state index in [1.165, 1.54) is 24.7 Å². The molecule has 3 aromatic rings. The van der Waals surface area contributed by atoms with Crippen LogP contribution in [0.4, 0.5) is 11.5 Å². The van der Waals surface area contributed by atoms with E-state index in [1.807, 2.05) is 24.3 Å². The Morgan fingerprint density at radius 3 is 2.68 bits per heavy atom. The van der Waals surface area contributed by atoms with E-state index in [1.54, 1.807) is 18.2 Å². The largest absolute Gasteiger partial charge is 0.269 e. The molecule has 0 aliphatic carbocycles. The highest BCUT2D eigenvalue weighted by atomic mass is 35.5. The van der Waals surface area contributed by atoms with E-state index in [9.17, 15) is 10.1 Å². The number of nitrogens with zero attached hydrogens (tertiary/aromatic N) is 4. The number of hydrazone groups is 1. The number of nitro benzene ring substituents is 1. The van der Waals surface area contributed by atoms with E-state index in [0.29, 0.717) is 10.9 Å². The van der Waals surface area contributed by atoms with Crippen LogP contribution < -0.4 is 5.43 Å². The number of nitrogens with one attached hydrogen (secondary N) is 1. The minimum absolute atomic E-state index is 0.0271. The molecule has 0 spiro atoms. The highest BCUT2D eigenvalue weighted by Crippen LogP contribution is 2.18. The summed E-state index contributed by atoms with van der Waals surface area (Å²) >= 11 is 6.11. The Kier molecular flexibility index (Phi) is 4.96. The number of aromatic nitrogens is 2. The van der Waals surface area contributed by atoms with Gasteiger partial charge in [0.15, 0.2) is 5.82 Å². The van der Waals surface area contributed by atoms with Gasteiger partial charge in [0.1, 0.15) is 6.33 Å². The van der Waals surface area contributed by atoms with Gasteiger partial charge < -0.3 is 0 Å². The zero-order valence-electron chi connectivity index (χ0n) is 12.8. The van der Waals surface area contributed by atoms with Crippen molar-refractivity contribution in [1.82, 2.24) is 9.97 Å². The molecule has 7 nitrogen and oxygen atoms in total. The van der Waals surface area contributed by atoms with Crippen molar-refractivity contribution in [3.63, 3.8) is 0 Å². The van der Waals surface area contributed by atoms with E-state index in [4.69, 9.17) is 11.6 Å². The standard InChI is InChI=1S/C17H12ClN5O2/c18-13(9-12-5-7-14(8-6-12)23(24)25)10-21-22-17-15-3-1-2-4-16(15)19-11-20-17/h1-11H,(H,19,20,22)/b13-9+,21-10?. The van der Waals surface area contributed by atoms with Crippen molar-refractivity contribution < 1.29 is 4.92 Å². The predicted octanol–water partition coefficient (Wildman–Crippen LogP) is 4.22. The molecule has 1 N–H and O–H groups in total. The van der Waals surface area contributed by atoms with Gasteiger partial charge in [-0.3, -0.25) is 15.5 Å². The summed E-state index contributed by atoms with van der Waals surface area (Å²) in [6.07, 6.45) is 4.53. The summed E-state index contributed by atoms with van der Waals surface area (Å²) in [5.74, 6) is 0.571. The van der Waals surface area contributed by atoms with Crippen LogP contribution in [0.15, 0.2) is 65.0 Å². The van der Waals surface area contributed by atoms with E-state index in [0.717, 1.165) is 16.5 Å². The second-order valence-corrected chi connectivity index (χ2v) is 5.42. The number of benzene rings is 2. The lowest BCUT2D eigenvalue weighted by Gasteiger charge is -2.03. The Bertz CT molecular complexity index is 965. The van der Waals surface area contributed by atoms with Crippen LogP contribution in [0.3, 0.4) is 0 Å². The number of non-ortho nitro benzene ring substituents is 1. The molecule has 0 saturated carbocycles. The number of rotatable bonds is 5. The van der Waals surface area contributed by atoms with Crippen molar-refractivity contribution in [2.24, 2.45) is 5.10 Å². The summed E-state index contributed by atoms with van der Waals surface area (Å²) in [6.45, 7) is 0. The van der Waals surface area contributed by atoms with Crippen molar-refractivity contribution in [1.29, 1.82) is 0 Å². The van der Waals surface area contributed by atoms with Gasteiger partial charge in [0.25, 0.3) is 5.69 Å². The molecule has 0 atom stereocenters. The maximum atomic E-state index is 10.6. The van der Waals surface area contributed by atoms with Gasteiger partial charge in [-0.1, -0.05) is 23.7 Å². The maximum absolute atomic E-state index is 10.6. The van der Waals surface area contributed by atoms with Crippen LogP contribution in [0, 0.1) is 10.1 Å². The molecule has 0 aliphatic rings. The van der Waals surface area contributed by atoms with Crippen LogP contribution in [0.2, 0.25) is 0 Å². The van der Waals surface area contributed by atoms with Crippen LogP contribution in [-0.4, -0.2) is 21.1 Å². The molecule has 3 rings (SSSR count). The van der Waals surface area contributed by atoms with E-state index < -0.39 is 4.92 Å². The molecule has 2 aromatic carbocycles. The van der Waals surface area contributed by atoms with Crippen LogP contribution in [-0.2, 0) is 0 Å². The molecule has 0 fully saturated rings. The summed E-state index contributed by atoms with van der Waals surface area (Å²) in [5, 5.41) is 15.9. The number of hydrogen-bond acceptors (Lipinski definition) is 6. The Balaban J connectivity index is 1.71. The van der Waals surface area contributed by atoms with Gasteiger partial charge in [0.05, 0.1) is 21.7 Å². The van der Waals surface area contributed by atoms with Crippen molar-refractivity contribution in [2.75, 3.05) is 5.43 Å².